The Labute approximate surface area is 123 Å². The Kier molecular flexibility index (Phi) is 4.07. The summed E-state index contributed by atoms with van der Waals surface area (Å²) in [6.07, 6.45) is 4.21. The molecule has 0 aliphatic heterocycles. The lowest BCUT2D eigenvalue weighted by atomic mass is 10.0. The maximum Gasteiger partial charge on any atom is 0.166 e. The van der Waals surface area contributed by atoms with Gasteiger partial charge in [-0.05, 0) is 35.9 Å². The first-order chi connectivity index (χ1) is 10.4. The molecule has 106 valence electrons. The largest absolute Gasteiger partial charge is 0.485 e. The number of nitrogens with two attached hydrogens (primary N) is 1. The third-order valence-electron chi connectivity index (χ3n) is 3.37. The quantitative estimate of drug-likeness (QED) is 0.780. The highest BCUT2D eigenvalue weighted by molar-refractivity contribution is 5.87. The maximum atomic E-state index is 5.90. The highest BCUT2D eigenvalue weighted by atomic mass is 16.5. The van der Waals surface area contributed by atoms with Gasteiger partial charge in [-0.1, -0.05) is 30.3 Å². The summed E-state index contributed by atoms with van der Waals surface area (Å²) in [6, 6.07) is 14.1. The predicted molar refractivity (Wildman–Crippen MR) is 83.1 cm³/mol. The molecule has 0 saturated heterocycles. The third kappa shape index (κ3) is 3.01. The van der Waals surface area contributed by atoms with E-state index in [1.807, 2.05) is 18.2 Å². The van der Waals surface area contributed by atoms with Crippen molar-refractivity contribution in [2.24, 2.45) is 5.73 Å². The number of rotatable bonds is 5. The number of hydrogen-bond acceptors (Lipinski definition) is 4. The molecular formula is C17H17N3O. The smallest absolute Gasteiger partial charge is 0.166 e. The Balaban J connectivity index is 1.92. The van der Waals surface area contributed by atoms with E-state index in [1.54, 1.807) is 18.5 Å². The summed E-state index contributed by atoms with van der Waals surface area (Å²) in [5, 5.41) is 2.39. The number of benzene rings is 2. The zero-order chi connectivity index (χ0) is 14.5. The summed E-state index contributed by atoms with van der Waals surface area (Å²) in [7, 11) is 0. The van der Waals surface area contributed by atoms with Crippen molar-refractivity contribution in [2.45, 2.75) is 13.0 Å². The van der Waals surface area contributed by atoms with E-state index in [0.717, 1.165) is 17.7 Å². The van der Waals surface area contributed by atoms with Gasteiger partial charge in [-0.15, -0.1) is 0 Å². The average molecular weight is 279 g/mol. The molecule has 0 atom stereocenters. The van der Waals surface area contributed by atoms with Crippen LogP contribution in [0.4, 0.5) is 0 Å². The summed E-state index contributed by atoms with van der Waals surface area (Å²) < 4.78 is 5.90. The SMILES string of the molecule is NCCc1c(OCc2ncccn2)ccc2ccccc12. The highest BCUT2D eigenvalue weighted by Gasteiger charge is 2.09. The van der Waals surface area contributed by atoms with Gasteiger partial charge in [0.05, 0.1) is 0 Å². The minimum absolute atomic E-state index is 0.358. The van der Waals surface area contributed by atoms with Crippen LogP contribution in [0.2, 0.25) is 0 Å². The van der Waals surface area contributed by atoms with Crippen molar-refractivity contribution in [3.63, 3.8) is 0 Å². The van der Waals surface area contributed by atoms with E-state index in [-0.39, 0.29) is 0 Å². The van der Waals surface area contributed by atoms with Crippen molar-refractivity contribution in [1.82, 2.24) is 9.97 Å². The highest BCUT2D eigenvalue weighted by Crippen LogP contribution is 2.28. The van der Waals surface area contributed by atoms with Gasteiger partial charge in [-0.2, -0.15) is 0 Å². The van der Waals surface area contributed by atoms with Crippen molar-refractivity contribution in [3.8, 4) is 5.75 Å². The topological polar surface area (TPSA) is 61.0 Å². The summed E-state index contributed by atoms with van der Waals surface area (Å²) in [6.45, 7) is 0.947. The molecule has 0 bridgehead atoms. The molecule has 0 aliphatic carbocycles. The lowest BCUT2D eigenvalue weighted by molar-refractivity contribution is 0.293. The van der Waals surface area contributed by atoms with Gasteiger partial charge in [0, 0.05) is 18.0 Å². The van der Waals surface area contributed by atoms with Crippen LogP contribution in [0, 0.1) is 0 Å². The molecule has 2 aromatic carbocycles. The molecule has 0 fully saturated rings. The fourth-order valence-electron chi connectivity index (χ4n) is 2.40. The van der Waals surface area contributed by atoms with E-state index in [4.69, 9.17) is 10.5 Å². The lowest BCUT2D eigenvalue weighted by Gasteiger charge is -2.13. The van der Waals surface area contributed by atoms with Gasteiger partial charge < -0.3 is 10.5 Å². The molecule has 3 aromatic rings. The van der Waals surface area contributed by atoms with Gasteiger partial charge in [-0.3, -0.25) is 0 Å². The van der Waals surface area contributed by atoms with Crippen LogP contribution in [0.3, 0.4) is 0 Å². The average Bonchev–Trinajstić information content (AvgIpc) is 2.55. The van der Waals surface area contributed by atoms with Gasteiger partial charge in [0.15, 0.2) is 5.82 Å². The van der Waals surface area contributed by atoms with Crippen molar-refractivity contribution in [3.05, 3.63) is 66.2 Å². The Hall–Kier alpha value is -2.46. The Morgan fingerprint density at radius 2 is 1.76 bits per heavy atom. The molecule has 3 rings (SSSR count). The van der Waals surface area contributed by atoms with E-state index in [9.17, 15) is 0 Å². The molecule has 2 N–H and O–H groups in total. The number of aromatic nitrogens is 2. The second kappa shape index (κ2) is 6.33. The second-order valence-corrected chi connectivity index (χ2v) is 4.76. The summed E-state index contributed by atoms with van der Waals surface area (Å²) >= 11 is 0. The van der Waals surface area contributed by atoms with Gasteiger partial charge in [-0.25, -0.2) is 9.97 Å². The standard InChI is InChI=1S/C17H17N3O/c18-9-8-15-14-5-2-1-4-13(14)6-7-16(15)21-12-17-19-10-3-11-20-17/h1-7,10-11H,8-9,12,18H2. The first-order valence-electron chi connectivity index (χ1n) is 6.98. The van der Waals surface area contributed by atoms with Crippen molar-refractivity contribution in [1.29, 1.82) is 0 Å². The van der Waals surface area contributed by atoms with Crippen LogP contribution in [0.15, 0.2) is 54.9 Å². The van der Waals surface area contributed by atoms with Gasteiger partial charge >= 0.3 is 0 Å². The molecule has 0 saturated carbocycles. The van der Waals surface area contributed by atoms with E-state index in [0.29, 0.717) is 19.0 Å². The molecule has 21 heavy (non-hydrogen) atoms. The first kappa shape index (κ1) is 13.5. The maximum absolute atomic E-state index is 5.90. The van der Waals surface area contributed by atoms with E-state index < -0.39 is 0 Å². The molecule has 0 aliphatic rings. The fraction of sp³-hybridized carbons (Fsp3) is 0.176. The fourth-order valence-corrected chi connectivity index (χ4v) is 2.40. The lowest BCUT2D eigenvalue weighted by Crippen LogP contribution is -2.07. The number of hydrogen-bond donors (Lipinski definition) is 1. The minimum Gasteiger partial charge on any atom is -0.485 e. The Morgan fingerprint density at radius 3 is 2.57 bits per heavy atom. The monoisotopic (exact) mass is 279 g/mol. The molecule has 4 nitrogen and oxygen atoms in total. The zero-order valence-electron chi connectivity index (χ0n) is 11.7. The van der Waals surface area contributed by atoms with Crippen LogP contribution in [-0.2, 0) is 13.0 Å². The van der Waals surface area contributed by atoms with E-state index in [2.05, 4.69) is 28.2 Å². The van der Waals surface area contributed by atoms with Crippen LogP contribution < -0.4 is 10.5 Å². The third-order valence-corrected chi connectivity index (χ3v) is 3.37. The van der Waals surface area contributed by atoms with Gasteiger partial charge in [0.2, 0.25) is 0 Å². The normalized spacial score (nSPS) is 10.7. The molecule has 0 spiro atoms. The Bertz CT molecular complexity index is 728. The van der Waals surface area contributed by atoms with E-state index >= 15 is 0 Å². The second-order valence-electron chi connectivity index (χ2n) is 4.76. The van der Waals surface area contributed by atoms with Crippen LogP contribution in [0.1, 0.15) is 11.4 Å². The first-order valence-corrected chi connectivity index (χ1v) is 6.98. The number of nitrogens with zero attached hydrogens (tertiary/aromatic N) is 2. The van der Waals surface area contributed by atoms with Crippen molar-refractivity contribution >= 4 is 10.8 Å². The summed E-state index contributed by atoms with van der Waals surface area (Å²) in [5.74, 6) is 1.52. The van der Waals surface area contributed by atoms with Crippen molar-refractivity contribution in [2.75, 3.05) is 6.54 Å². The molecule has 1 aromatic heterocycles. The minimum atomic E-state index is 0.358. The number of fused-ring (bicyclic) bond motifs is 1. The Morgan fingerprint density at radius 1 is 0.952 bits per heavy atom. The summed E-state index contributed by atoms with van der Waals surface area (Å²) in [4.78, 5) is 8.34. The molecule has 0 amide bonds. The van der Waals surface area contributed by atoms with Crippen LogP contribution in [0.25, 0.3) is 10.8 Å². The summed E-state index contributed by atoms with van der Waals surface area (Å²) in [5.41, 5.74) is 6.89. The molecule has 4 heteroatoms. The van der Waals surface area contributed by atoms with Crippen LogP contribution >= 0.6 is 0 Å². The predicted octanol–water partition coefficient (Wildman–Crippen LogP) is 2.71. The van der Waals surface area contributed by atoms with Crippen LogP contribution in [0.5, 0.6) is 5.75 Å². The van der Waals surface area contributed by atoms with Crippen molar-refractivity contribution < 1.29 is 4.74 Å². The molecular weight excluding hydrogens is 262 g/mol. The van der Waals surface area contributed by atoms with Gasteiger partial charge in [0.1, 0.15) is 12.4 Å². The molecule has 0 unspecified atom stereocenters. The van der Waals surface area contributed by atoms with E-state index in [1.165, 1.54) is 10.8 Å². The van der Waals surface area contributed by atoms with Gasteiger partial charge in [0.25, 0.3) is 0 Å². The number of ether oxygens (including phenoxy) is 1. The van der Waals surface area contributed by atoms with Crippen LogP contribution in [-0.4, -0.2) is 16.5 Å². The molecule has 1 heterocycles. The zero-order valence-corrected chi connectivity index (χ0v) is 11.7. The molecule has 0 radical (unpaired) electrons.